The van der Waals surface area contributed by atoms with E-state index in [-0.39, 0.29) is 23.5 Å². The molecule has 0 aromatic heterocycles. The van der Waals surface area contributed by atoms with Crippen LogP contribution in [0, 0.1) is 0 Å². The molecule has 1 aromatic rings. The van der Waals surface area contributed by atoms with Crippen LogP contribution in [0.25, 0.3) is 0 Å². The largest absolute Gasteiger partial charge is 0.507 e. The minimum atomic E-state index is -0.496. The molecule has 6 nitrogen and oxygen atoms in total. The van der Waals surface area contributed by atoms with E-state index in [1.165, 1.54) is 14.2 Å². The molecule has 7 heteroatoms. The molecule has 0 unspecified atom stereocenters. The van der Waals surface area contributed by atoms with Gasteiger partial charge in [-0.1, -0.05) is 6.92 Å². The molecule has 1 aliphatic heterocycles. The highest BCUT2D eigenvalue weighted by Gasteiger charge is 2.27. The van der Waals surface area contributed by atoms with Gasteiger partial charge < -0.3 is 19.9 Å². The Balaban J connectivity index is 2.25. The van der Waals surface area contributed by atoms with Gasteiger partial charge in [-0.05, 0) is 50.4 Å². The number of ether oxygens (including phenoxy) is 2. The molecule has 1 aliphatic rings. The number of phenols is 1. The summed E-state index contributed by atoms with van der Waals surface area (Å²) >= 11 is 0. The first-order valence-electron chi connectivity index (χ1n) is 9.12. The molecule has 0 radical (unpaired) electrons. The molecule has 1 atom stereocenters. The van der Waals surface area contributed by atoms with Crippen LogP contribution in [0.5, 0.6) is 17.2 Å². The Morgan fingerprint density at radius 1 is 1.42 bits per heavy atom. The highest BCUT2D eigenvalue weighted by atomic mass is 18.2. The number of likely N-dealkylation sites (N-methyl/N-ethyl adjacent to an activating group) is 1. The number of likely N-dealkylation sites (tertiary alicyclic amines) is 1. The number of carbonyl (C=O) groups excluding carboxylic acids is 1. The maximum Gasteiger partial charge on any atom is 0.259 e. The molecule has 0 saturated carbocycles. The van der Waals surface area contributed by atoms with Crippen LogP contribution in [0.1, 0.15) is 42.1 Å². The summed E-state index contributed by atoms with van der Waals surface area (Å²) in [6, 6.07) is 1.89. The predicted molar refractivity (Wildman–Crippen MR) is 98.1 cm³/mol. The van der Waals surface area contributed by atoms with Crippen molar-refractivity contribution in [1.82, 2.24) is 10.2 Å². The lowest BCUT2D eigenvalue weighted by molar-refractivity contribution is 0.0934. The van der Waals surface area contributed by atoms with E-state index in [4.69, 9.17) is 9.47 Å². The van der Waals surface area contributed by atoms with E-state index in [2.05, 4.69) is 17.1 Å². The van der Waals surface area contributed by atoms with Crippen LogP contribution in [0.3, 0.4) is 0 Å². The fraction of sp³-hybridized carbons (Fsp3) is 0.632. The Labute approximate surface area is 154 Å². The smallest absolute Gasteiger partial charge is 0.259 e. The number of hydrogen-bond acceptors (Lipinski definition) is 5. The number of nitrogens with zero attached hydrogens (tertiary/aromatic N) is 1. The van der Waals surface area contributed by atoms with Crippen molar-refractivity contribution in [3.63, 3.8) is 0 Å². The van der Waals surface area contributed by atoms with Crippen LogP contribution in [0.2, 0.25) is 0 Å². The van der Waals surface area contributed by atoms with Gasteiger partial charge in [-0.25, -0.2) is 0 Å². The van der Waals surface area contributed by atoms with E-state index in [0.717, 1.165) is 25.9 Å². The van der Waals surface area contributed by atoms with Crippen molar-refractivity contribution in [3.05, 3.63) is 17.2 Å². The highest BCUT2D eigenvalue weighted by Crippen LogP contribution is 2.40. The molecule has 0 bridgehead atoms. The zero-order valence-corrected chi connectivity index (χ0v) is 15.8. The van der Waals surface area contributed by atoms with Gasteiger partial charge in [0.15, 0.2) is 11.5 Å². The van der Waals surface area contributed by atoms with Crippen LogP contribution in [0.15, 0.2) is 6.07 Å². The van der Waals surface area contributed by atoms with Crippen molar-refractivity contribution in [2.24, 2.45) is 0 Å². The summed E-state index contributed by atoms with van der Waals surface area (Å²) in [6.07, 6.45) is 2.74. The normalized spacial score (nSPS) is 17.3. The second kappa shape index (κ2) is 9.62. The van der Waals surface area contributed by atoms with E-state index in [1.807, 2.05) is 0 Å². The van der Waals surface area contributed by atoms with Gasteiger partial charge in [0.1, 0.15) is 11.3 Å². The Morgan fingerprint density at radius 2 is 2.19 bits per heavy atom. The molecule has 1 aromatic carbocycles. The highest BCUT2D eigenvalue weighted by molar-refractivity contribution is 6.01. The van der Waals surface area contributed by atoms with Gasteiger partial charge in [0.2, 0.25) is 0 Å². The Kier molecular flexibility index (Phi) is 7.50. The molecule has 1 amide bonds. The van der Waals surface area contributed by atoms with Crippen LogP contribution in [0.4, 0.5) is 4.39 Å². The molecule has 0 aliphatic carbocycles. The maximum absolute atomic E-state index is 12.8. The summed E-state index contributed by atoms with van der Waals surface area (Å²) in [6.45, 7) is 4.10. The van der Waals surface area contributed by atoms with E-state index in [9.17, 15) is 14.3 Å². The van der Waals surface area contributed by atoms with Crippen LogP contribution < -0.4 is 14.8 Å². The minimum Gasteiger partial charge on any atom is -0.507 e. The van der Waals surface area contributed by atoms with Crippen molar-refractivity contribution < 1.29 is 23.8 Å². The summed E-state index contributed by atoms with van der Waals surface area (Å²) in [4.78, 5) is 15.1. The van der Waals surface area contributed by atoms with Gasteiger partial charge in [-0.2, -0.15) is 0 Å². The van der Waals surface area contributed by atoms with Gasteiger partial charge >= 0.3 is 0 Å². The monoisotopic (exact) mass is 367 g/mol. The number of aryl methyl sites for hydroxylation is 1. The van der Waals surface area contributed by atoms with Gasteiger partial charge in [-0.3, -0.25) is 14.1 Å². The molecule has 2 N–H and O–H groups in total. The first-order chi connectivity index (χ1) is 12.6. The first kappa shape index (κ1) is 20.3. The molecule has 2 rings (SSSR count). The van der Waals surface area contributed by atoms with E-state index < -0.39 is 12.6 Å². The molecule has 1 fully saturated rings. The molecule has 1 saturated heterocycles. The predicted octanol–water partition coefficient (Wildman–Crippen LogP) is 2.53. The minimum absolute atomic E-state index is 0.0433. The molecule has 1 heterocycles. The van der Waals surface area contributed by atoms with Gasteiger partial charge in [0, 0.05) is 12.6 Å². The summed E-state index contributed by atoms with van der Waals surface area (Å²) < 4.78 is 23.1. The summed E-state index contributed by atoms with van der Waals surface area (Å²) in [5, 5.41) is 13.5. The number of aromatic hydroxyl groups is 1. The first-order valence-corrected chi connectivity index (χ1v) is 9.12. The summed E-state index contributed by atoms with van der Waals surface area (Å²) in [7, 11) is 2.89. The molecular formula is C19H29FN2O4. The molecule has 0 spiro atoms. The van der Waals surface area contributed by atoms with Crippen molar-refractivity contribution in [2.75, 3.05) is 40.5 Å². The Bertz CT molecular complexity index is 624. The number of hydrogen-bond donors (Lipinski definition) is 2. The van der Waals surface area contributed by atoms with Gasteiger partial charge in [-0.15, -0.1) is 0 Å². The van der Waals surface area contributed by atoms with Crippen LogP contribution >= 0.6 is 0 Å². The molecular weight excluding hydrogens is 338 g/mol. The average molecular weight is 367 g/mol. The summed E-state index contributed by atoms with van der Waals surface area (Å²) in [5.41, 5.74) is 0.517. The van der Waals surface area contributed by atoms with Gasteiger partial charge in [0.05, 0.1) is 20.9 Å². The number of phenolic OH excluding ortho intramolecular Hbond substituents is 1. The zero-order chi connectivity index (χ0) is 19.1. The van der Waals surface area contributed by atoms with E-state index in [0.29, 0.717) is 30.3 Å². The van der Waals surface area contributed by atoms with Crippen molar-refractivity contribution in [2.45, 2.75) is 38.6 Å². The zero-order valence-electron chi connectivity index (χ0n) is 15.8. The van der Waals surface area contributed by atoms with Crippen LogP contribution in [-0.4, -0.2) is 62.5 Å². The number of rotatable bonds is 9. The number of carbonyl (C=O) groups is 1. The Morgan fingerprint density at radius 3 is 2.81 bits per heavy atom. The lowest BCUT2D eigenvalue weighted by Gasteiger charge is -2.23. The van der Waals surface area contributed by atoms with Crippen molar-refractivity contribution >= 4 is 5.91 Å². The van der Waals surface area contributed by atoms with Crippen molar-refractivity contribution in [1.29, 1.82) is 0 Å². The lowest BCUT2D eigenvalue weighted by atomic mass is 10.0. The number of amides is 1. The summed E-state index contributed by atoms with van der Waals surface area (Å²) in [5.74, 6) is -0.0549. The SMILES string of the molecule is CCN1CCC[C@H]1CNC(=O)c1c(O)c(CCC[18F])cc(OC)c1OC. The average Bonchev–Trinajstić information content (AvgIpc) is 3.12. The topological polar surface area (TPSA) is 71.0 Å². The standard InChI is InChI=1S/C19H29FN2O4/c1-4-22-10-6-8-14(22)12-21-19(24)16-17(23)13(7-5-9-20)11-15(25-2)18(16)26-3/h11,14,23H,4-10,12H2,1-3H3,(H,21,24)/t14-/m0/s1/i20-1. The number of nitrogens with one attached hydrogen (secondary N) is 1. The number of alkyl halides is 1. The fourth-order valence-corrected chi connectivity index (χ4v) is 3.54. The third-order valence-corrected chi connectivity index (χ3v) is 4.93. The van der Waals surface area contributed by atoms with Gasteiger partial charge in [0.25, 0.3) is 5.91 Å². The number of halogens is 1. The quantitative estimate of drug-likeness (QED) is 0.702. The number of methoxy groups -OCH3 is 2. The Hall–Kier alpha value is -2.02. The van der Waals surface area contributed by atoms with Crippen LogP contribution in [-0.2, 0) is 6.42 Å². The third-order valence-electron chi connectivity index (χ3n) is 4.93. The maximum atomic E-state index is 12.8. The second-order valence-electron chi connectivity index (χ2n) is 6.42. The third kappa shape index (κ3) is 4.38. The fourth-order valence-electron chi connectivity index (χ4n) is 3.54. The second-order valence-corrected chi connectivity index (χ2v) is 6.42. The molecule has 26 heavy (non-hydrogen) atoms. The molecule has 146 valence electrons. The van der Waals surface area contributed by atoms with E-state index in [1.54, 1.807) is 6.07 Å². The lowest BCUT2D eigenvalue weighted by Crippen LogP contribution is -2.40. The van der Waals surface area contributed by atoms with E-state index >= 15 is 0 Å². The van der Waals surface area contributed by atoms with Crippen molar-refractivity contribution in [3.8, 4) is 17.2 Å². The number of benzene rings is 1.